The van der Waals surface area contributed by atoms with Crippen LogP contribution in [0, 0.1) is 0 Å². The number of amides is 1. The number of hydrogen-bond donors (Lipinski definition) is 1. The van der Waals surface area contributed by atoms with Crippen molar-refractivity contribution in [1.82, 2.24) is 9.80 Å². The predicted molar refractivity (Wildman–Crippen MR) is 88.7 cm³/mol. The van der Waals surface area contributed by atoms with Crippen molar-refractivity contribution in [2.45, 2.75) is 19.8 Å². The van der Waals surface area contributed by atoms with Crippen molar-refractivity contribution in [3.63, 3.8) is 0 Å². The molecular formula is C17H27N3O2. The van der Waals surface area contributed by atoms with Gasteiger partial charge in [0.15, 0.2) is 0 Å². The van der Waals surface area contributed by atoms with E-state index in [4.69, 9.17) is 10.5 Å². The number of nitrogens with two attached hydrogens (primary N) is 1. The second-order valence-electron chi connectivity index (χ2n) is 5.62. The molecule has 1 aromatic rings. The van der Waals surface area contributed by atoms with E-state index in [0.29, 0.717) is 6.42 Å². The number of anilines is 1. The molecule has 5 heteroatoms. The van der Waals surface area contributed by atoms with Gasteiger partial charge in [0.2, 0.25) is 5.91 Å². The van der Waals surface area contributed by atoms with Gasteiger partial charge >= 0.3 is 0 Å². The first-order valence-electron chi connectivity index (χ1n) is 8.12. The Hall–Kier alpha value is -1.59. The van der Waals surface area contributed by atoms with Crippen LogP contribution in [0.15, 0.2) is 24.3 Å². The van der Waals surface area contributed by atoms with Gasteiger partial charge in [-0.1, -0.05) is 18.2 Å². The zero-order valence-electron chi connectivity index (χ0n) is 13.5. The molecule has 1 fully saturated rings. The van der Waals surface area contributed by atoms with E-state index in [9.17, 15) is 4.79 Å². The Balaban J connectivity index is 1.70. The maximum absolute atomic E-state index is 12.3. The van der Waals surface area contributed by atoms with Crippen molar-refractivity contribution >= 4 is 11.6 Å². The molecule has 1 aliphatic heterocycles. The number of ether oxygens (including phenoxy) is 1. The summed E-state index contributed by atoms with van der Waals surface area (Å²) < 4.78 is 5.38. The largest absolute Gasteiger partial charge is 0.399 e. The quantitative estimate of drug-likeness (QED) is 0.611. The summed E-state index contributed by atoms with van der Waals surface area (Å²) in [5.74, 6) is 0.229. The van der Waals surface area contributed by atoms with Crippen molar-refractivity contribution < 1.29 is 9.53 Å². The van der Waals surface area contributed by atoms with Gasteiger partial charge < -0.3 is 15.4 Å². The lowest BCUT2D eigenvalue weighted by Crippen LogP contribution is -2.49. The zero-order chi connectivity index (χ0) is 15.8. The van der Waals surface area contributed by atoms with Crippen LogP contribution in [0.2, 0.25) is 0 Å². The minimum absolute atomic E-state index is 0.229. The van der Waals surface area contributed by atoms with Gasteiger partial charge in [0, 0.05) is 51.4 Å². The molecule has 2 rings (SSSR count). The molecule has 0 aromatic heterocycles. The smallest absolute Gasteiger partial charge is 0.222 e. The van der Waals surface area contributed by atoms with Crippen molar-refractivity contribution in [3.8, 4) is 0 Å². The van der Waals surface area contributed by atoms with E-state index in [-0.39, 0.29) is 5.91 Å². The highest BCUT2D eigenvalue weighted by Crippen LogP contribution is 2.14. The SMILES string of the molecule is CCOCCN1CCN(C(=O)CCc2ccccc2N)CC1. The Morgan fingerprint density at radius 3 is 2.64 bits per heavy atom. The van der Waals surface area contributed by atoms with E-state index in [1.807, 2.05) is 36.1 Å². The average molecular weight is 305 g/mol. The summed E-state index contributed by atoms with van der Waals surface area (Å²) in [6.07, 6.45) is 1.25. The summed E-state index contributed by atoms with van der Waals surface area (Å²) in [6, 6.07) is 7.76. The monoisotopic (exact) mass is 305 g/mol. The minimum Gasteiger partial charge on any atom is -0.399 e. The molecule has 2 N–H and O–H groups in total. The topological polar surface area (TPSA) is 58.8 Å². The van der Waals surface area contributed by atoms with Crippen LogP contribution in [-0.4, -0.2) is 61.6 Å². The highest BCUT2D eigenvalue weighted by atomic mass is 16.5. The van der Waals surface area contributed by atoms with E-state index in [0.717, 1.165) is 63.6 Å². The van der Waals surface area contributed by atoms with Crippen LogP contribution in [-0.2, 0) is 16.0 Å². The highest BCUT2D eigenvalue weighted by molar-refractivity contribution is 5.76. The maximum Gasteiger partial charge on any atom is 0.222 e. The fraction of sp³-hybridized carbons (Fsp3) is 0.588. The summed E-state index contributed by atoms with van der Waals surface area (Å²) >= 11 is 0. The van der Waals surface area contributed by atoms with Crippen molar-refractivity contribution in [3.05, 3.63) is 29.8 Å². The lowest BCUT2D eigenvalue weighted by molar-refractivity contribution is -0.133. The van der Waals surface area contributed by atoms with Crippen molar-refractivity contribution in [2.75, 3.05) is 51.7 Å². The predicted octanol–water partition coefficient (Wildman–Crippen LogP) is 1.38. The molecule has 0 unspecified atom stereocenters. The van der Waals surface area contributed by atoms with Gasteiger partial charge in [0.05, 0.1) is 6.61 Å². The second-order valence-corrected chi connectivity index (χ2v) is 5.62. The van der Waals surface area contributed by atoms with E-state index in [2.05, 4.69) is 4.90 Å². The molecule has 0 radical (unpaired) electrons. The number of para-hydroxylation sites is 1. The van der Waals surface area contributed by atoms with E-state index < -0.39 is 0 Å². The number of nitrogens with zero attached hydrogens (tertiary/aromatic N) is 2. The highest BCUT2D eigenvalue weighted by Gasteiger charge is 2.20. The van der Waals surface area contributed by atoms with Crippen LogP contribution in [0.25, 0.3) is 0 Å². The van der Waals surface area contributed by atoms with E-state index >= 15 is 0 Å². The van der Waals surface area contributed by atoms with Gasteiger partial charge in [-0.05, 0) is 25.0 Å². The van der Waals surface area contributed by atoms with Crippen LogP contribution >= 0.6 is 0 Å². The van der Waals surface area contributed by atoms with Crippen LogP contribution < -0.4 is 5.73 Å². The molecule has 0 atom stereocenters. The molecule has 122 valence electrons. The van der Waals surface area contributed by atoms with Gasteiger partial charge in [0.25, 0.3) is 0 Å². The molecule has 1 amide bonds. The van der Waals surface area contributed by atoms with Gasteiger partial charge in [-0.3, -0.25) is 9.69 Å². The first-order chi connectivity index (χ1) is 10.7. The third-order valence-electron chi connectivity index (χ3n) is 4.14. The number of hydrogen-bond acceptors (Lipinski definition) is 4. The molecule has 1 heterocycles. The summed E-state index contributed by atoms with van der Waals surface area (Å²) in [5.41, 5.74) is 7.75. The summed E-state index contributed by atoms with van der Waals surface area (Å²) in [4.78, 5) is 16.6. The molecule has 0 bridgehead atoms. The Morgan fingerprint density at radius 2 is 1.95 bits per heavy atom. The number of carbonyl (C=O) groups excluding carboxylic acids is 1. The van der Waals surface area contributed by atoms with E-state index in [1.54, 1.807) is 0 Å². The van der Waals surface area contributed by atoms with Gasteiger partial charge in [-0.2, -0.15) is 0 Å². The Morgan fingerprint density at radius 1 is 1.23 bits per heavy atom. The number of aryl methyl sites for hydroxylation is 1. The first kappa shape index (κ1) is 16.8. The molecule has 0 aliphatic carbocycles. The lowest BCUT2D eigenvalue weighted by atomic mass is 10.1. The number of carbonyl (C=O) groups is 1. The normalized spacial score (nSPS) is 16.0. The molecule has 1 aromatic carbocycles. The number of benzene rings is 1. The summed E-state index contributed by atoms with van der Waals surface area (Å²) in [6.45, 7) is 8.01. The van der Waals surface area contributed by atoms with Gasteiger partial charge in [-0.25, -0.2) is 0 Å². The Labute approximate surface area is 133 Å². The molecular weight excluding hydrogens is 278 g/mol. The number of nitrogen functional groups attached to an aromatic ring is 1. The first-order valence-corrected chi connectivity index (χ1v) is 8.12. The molecule has 0 spiro atoms. The molecule has 0 saturated carbocycles. The Bertz CT molecular complexity index is 471. The standard InChI is InChI=1S/C17H27N3O2/c1-2-22-14-13-19-9-11-20(12-10-19)17(21)8-7-15-5-3-4-6-16(15)18/h3-6H,2,7-14,18H2,1H3. The Kier molecular flexibility index (Phi) is 6.68. The fourth-order valence-electron chi connectivity index (χ4n) is 2.72. The second kappa shape index (κ2) is 8.76. The van der Waals surface area contributed by atoms with Crippen LogP contribution in [0.4, 0.5) is 5.69 Å². The maximum atomic E-state index is 12.3. The van der Waals surface area contributed by atoms with Crippen molar-refractivity contribution in [1.29, 1.82) is 0 Å². The van der Waals surface area contributed by atoms with Gasteiger partial charge in [-0.15, -0.1) is 0 Å². The van der Waals surface area contributed by atoms with Gasteiger partial charge in [0.1, 0.15) is 0 Å². The van der Waals surface area contributed by atoms with Crippen LogP contribution in [0.3, 0.4) is 0 Å². The summed E-state index contributed by atoms with van der Waals surface area (Å²) in [7, 11) is 0. The zero-order valence-corrected chi connectivity index (χ0v) is 13.5. The minimum atomic E-state index is 0.229. The fourth-order valence-corrected chi connectivity index (χ4v) is 2.72. The van der Waals surface area contributed by atoms with E-state index in [1.165, 1.54) is 0 Å². The average Bonchev–Trinajstić information content (AvgIpc) is 2.55. The molecule has 5 nitrogen and oxygen atoms in total. The summed E-state index contributed by atoms with van der Waals surface area (Å²) in [5, 5.41) is 0. The molecule has 1 aliphatic rings. The van der Waals surface area contributed by atoms with Crippen molar-refractivity contribution in [2.24, 2.45) is 0 Å². The lowest BCUT2D eigenvalue weighted by Gasteiger charge is -2.34. The third kappa shape index (κ3) is 5.00. The third-order valence-corrected chi connectivity index (χ3v) is 4.14. The van der Waals surface area contributed by atoms with Crippen LogP contribution in [0.5, 0.6) is 0 Å². The van der Waals surface area contributed by atoms with Crippen LogP contribution in [0.1, 0.15) is 18.9 Å². The molecule has 1 saturated heterocycles. The molecule has 22 heavy (non-hydrogen) atoms. The number of piperazine rings is 1. The number of rotatable bonds is 7.